The Hall–Kier alpha value is -2.49. The molecule has 0 radical (unpaired) electrons. The number of anilines is 1. The van der Waals surface area contributed by atoms with Gasteiger partial charge in [0.05, 0.1) is 18.6 Å². The fraction of sp³-hybridized carbons (Fsp3) is 0.417. The van der Waals surface area contributed by atoms with Gasteiger partial charge in [0.25, 0.3) is 0 Å². The number of nitrogens with one attached hydrogen (secondary N) is 1. The lowest BCUT2D eigenvalue weighted by atomic mass is 10.1. The maximum atomic E-state index is 13.6. The Balaban J connectivity index is 2.45. The molecule has 11 heteroatoms. The van der Waals surface area contributed by atoms with Gasteiger partial charge in [0, 0.05) is 23.1 Å². The maximum Gasteiger partial charge on any atom is 0.244 e. The van der Waals surface area contributed by atoms with Crippen LogP contribution in [0.2, 0.25) is 10.0 Å². The van der Waals surface area contributed by atoms with E-state index in [1.54, 1.807) is 56.3 Å². The molecule has 0 aliphatic rings. The summed E-state index contributed by atoms with van der Waals surface area (Å²) in [7, 11) is -3.87. The molecule has 0 bridgehead atoms. The Morgan fingerprint density at radius 2 is 1.80 bits per heavy atom. The van der Waals surface area contributed by atoms with E-state index in [2.05, 4.69) is 5.32 Å². The van der Waals surface area contributed by atoms with Gasteiger partial charge in [0.15, 0.2) is 0 Å². The molecular weight excluding hydrogens is 513 g/mol. The molecule has 0 spiro atoms. The van der Waals surface area contributed by atoms with Gasteiger partial charge in [0.1, 0.15) is 18.3 Å². The second-order valence-corrected chi connectivity index (χ2v) is 10.6. The highest BCUT2D eigenvalue weighted by Gasteiger charge is 2.31. The van der Waals surface area contributed by atoms with E-state index in [-0.39, 0.29) is 18.1 Å². The Morgan fingerprint density at radius 1 is 1.11 bits per heavy atom. The molecule has 8 nitrogen and oxygen atoms in total. The van der Waals surface area contributed by atoms with Crippen LogP contribution in [0.1, 0.15) is 32.8 Å². The fourth-order valence-electron chi connectivity index (χ4n) is 3.35. The predicted molar refractivity (Wildman–Crippen MR) is 140 cm³/mol. The summed E-state index contributed by atoms with van der Waals surface area (Å²) in [6.07, 6.45) is 1.74. The second-order valence-electron chi connectivity index (χ2n) is 7.89. The quantitative estimate of drug-likeness (QED) is 0.434. The summed E-state index contributed by atoms with van der Waals surface area (Å²) >= 11 is 12.3. The van der Waals surface area contributed by atoms with Crippen LogP contribution in [0.5, 0.6) is 5.75 Å². The summed E-state index contributed by atoms with van der Waals surface area (Å²) in [4.78, 5) is 27.6. The van der Waals surface area contributed by atoms with E-state index >= 15 is 0 Å². The molecule has 2 aromatic carbocycles. The lowest BCUT2D eigenvalue weighted by molar-refractivity contribution is -0.139. The molecule has 0 heterocycles. The van der Waals surface area contributed by atoms with Crippen LogP contribution >= 0.6 is 23.2 Å². The molecule has 0 saturated heterocycles. The molecule has 192 valence electrons. The lowest BCUT2D eigenvalue weighted by Crippen LogP contribution is -2.51. The Labute approximate surface area is 217 Å². The summed E-state index contributed by atoms with van der Waals surface area (Å²) in [6.45, 7) is 5.51. The molecule has 1 atom stereocenters. The molecule has 0 aliphatic heterocycles. The average Bonchev–Trinajstić information content (AvgIpc) is 2.80. The number of amides is 2. The molecular formula is C24H31Cl2N3O5S. The standard InChI is InChI=1S/C24H31Cl2N3O5S/c1-5-13-27-24(31)17(3)28(15-18-11-12-19(25)14-20(18)26)23(30)16-29(35(4,32)33)21-9-7-8-10-22(21)34-6-2/h7-12,14,17H,5-6,13,15-16H2,1-4H3,(H,27,31)/t17-/m0/s1. The number of carbonyl (C=O) groups excluding carboxylic acids is 2. The van der Waals surface area contributed by atoms with E-state index in [4.69, 9.17) is 27.9 Å². The normalized spacial score (nSPS) is 12.1. The van der Waals surface area contributed by atoms with Gasteiger partial charge in [-0.15, -0.1) is 0 Å². The first-order valence-corrected chi connectivity index (χ1v) is 13.8. The van der Waals surface area contributed by atoms with Gasteiger partial charge in [-0.25, -0.2) is 8.42 Å². The average molecular weight is 545 g/mol. The zero-order valence-corrected chi connectivity index (χ0v) is 22.6. The Morgan fingerprint density at radius 3 is 2.40 bits per heavy atom. The van der Waals surface area contributed by atoms with E-state index in [1.807, 2.05) is 6.92 Å². The van der Waals surface area contributed by atoms with Crippen LogP contribution < -0.4 is 14.4 Å². The Bertz CT molecular complexity index is 1140. The largest absolute Gasteiger partial charge is 0.492 e. The van der Waals surface area contributed by atoms with Crippen LogP contribution in [0, 0.1) is 0 Å². The molecule has 1 N–H and O–H groups in total. The van der Waals surface area contributed by atoms with Crippen molar-refractivity contribution >= 4 is 50.7 Å². The minimum absolute atomic E-state index is 0.0136. The van der Waals surface area contributed by atoms with Crippen molar-refractivity contribution in [2.75, 3.05) is 30.3 Å². The first kappa shape index (κ1) is 28.7. The van der Waals surface area contributed by atoms with Gasteiger partial charge in [-0.3, -0.25) is 13.9 Å². The van der Waals surface area contributed by atoms with E-state index in [0.717, 1.165) is 17.0 Å². The van der Waals surface area contributed by atoms with Crippen molar-refractivity contribution in [2.24, 2.45) is 0 Å². The first-order chi connectivity index (χ1) is 16.5. The van der Waals surface area contributed by atoms with Gasteiger partial charge in [-0.1, -0.05) is 48.3 Å². The molecule has 0 unspecified atom stereocenters. The summed E-state index contributed by atoms with van der Waals surface area (Å²) < 4.78 is 32.0. The zero-order chi connectivity index (χ0) is 26.2. The minimum Gasteiger partial charge on any atom is -0.492 e. The third-order valence-electron chi connectivity index (χ3n) is 5.19. The number of hydrogen-bond acceptors (Lipinski definition) is 5. The number of hydrogen-bond donors (Lipinski definition) is 1. The van der Waals surface area contributed by atoms with E-state index in [0.29, 0.717) is 34.5 Å². The fourth-order valence-corrected chi connectivity index (χ4v) is 4.67. The number of carbonyl (C=O) groups is 2. The lowest BCUT2D eigenvalue weighted by Gasteiger charge is -2.32. The van der Waals surface area contributed by atoms with E-state index in [1.165, 1.54) is 4.90 Å². The van der Waals surface area contributed by atoms with Crippen molar-refractivity contribution in [1.29, 1.82) is 0 Å². The van der Waals surface area contributed by atoms with Gasteiger partial charge in [0.2, 0.25) is 21.8 Å². The third-order valence-corrected chi connectivity index (χ3v) is 6.90. The van der Waals surface area contributed by atoms with Crippen LogP contribution in [0.3, 0.4) is 0 Å². The monoisotopic (exact) mass is 543 g/mol. The van der Waals surface area contributed by atoms with Gasteiger partial charge in [-0.05, 0) is 50.1 Å². The first-order valence-electron chi connectivity index (χ1n) is 11.2. The second kappa shape index (κ2) is 13.0. The molecule has 0 aliphatic carbocycles. The molecule has 2 rings (SSSR count). The number of ether oxygens (including phenoxy) is 1. The molecule has 0 aromatic heterocycles. The number of nitrogens with zero attached hydrogens (tertiary/aromatic N) is 2. The topological polar surface area (TPSA) is 96.0 Å². The van der Waals surface area contributed by atoms with Crippen LogP contribution in [-0.4, -0.2) is 57.1 Å². The smallest absolute Gasteiger partial charge is 0.244 e. The molecule has 0 saturated carbocycles. The number of halogens is 2. The van der Waals surface area contributed by atoms with Crippen LogP contribution in [0.4, 0.5) is 5.69 Å². The third kappa shape index (κ3) is 8.02. The summed E-state index contributed by atoms with van der Waals surface area (Å²) in [5, 5.41) is 3.54. The van der Waals surface area contributed by atoms with Crippen molar-refractivity contribution in [2.45, 2.75) is 39.8 Å². The van der Waals surface area contributed by atoms with Crippen molar-refractivity contribution in [3.05, 3.63) is 58.1 Å². The van der Waals surface area contributed by atoms with Gasteiger partial charge in [-0.2, -0.15) is 0 Å². The number of para-hydroxylation sites is 2. The molecule has 2 amide bonds. The Kier molecular flexibility index (Phi) is 10.7. The van der Waals surface area contributed by atoms with Crippen LogP contribution in [0.15, 0.2) is 42.5 Å². The highest BCUT2D eigenvalue weighted by atomic mass is 35.5. The van der Waals surface area contributed by atoms with E-state index in [9.17, 15) is 18.0 Å². The molecule has 2 aromatic rings. The van der Waals surface area contributed by atoms with Crippen molar-refractivity contribution in [3.8, 4) is 5.75 Å². The van der Waals surface area contributed by atoms with Crippen LogP contribution in [0.25, 0.3) is 0 Å². The van der Waals surface area contributed by atoms with E-state index < -0.39 is 28.5 Å². The van der Waals surface area contributed by atoms with Crippen molar-refractivity contribution in [1.82, 2.24) is 10.2 Å². The predicted octanol–water partition coefficient (Wildman–Crippen LogP) is 4.10. The molecule has 35 heavy (non-hydrogen) atoms. The maximum absolute atomic E-state index is 13.6. The minimum atomic E-state index is -3.87. The zero-order valence-electron chi connectivity index (χ0n) is 20.3. The van der Waals surface area contributed by atoms with Crippen molar-refractivity contribution in [3.63, 3.8) is 0 Å². The highest BCUT2D eigenvalue weighted by Crippen LogP contribution is 2.30. The highest BCUT2D eigenvalue weighted by molar-refractivity contribution is 7.92. The molecule has 0 fully saturated rings. The SMILES string of the molecule is CCCNC(=O)[C@H](C)N(Cc1ccc(Cl)cc1Cl)C(=O)CN(c1ccccc1OCC)S(C)(=O)=O. The van der Waals surface area contributed by atoms with Crippen LogP contribution in [-0.2, 0) is 26.2 Å². The van der Waals surface area contributed by atoms with Gasteiger partial charge >= 0.3 is 0 Å². The number of rotatable bonds is 12. The number of sulfonamides is 1. The summed E-state index contributed by atoms with van der Waals surface area (Å²) in [5.74, 6) is -0.605. The van der Waals surface area contributed by atoms with Gasteiger partial charge < -0.3 is 15.0 Å². The summed E-state index contributed by atoms with van der Waals surface area (Å²) in [6, 6.07) is 10.5. The number of benzene rings is 2. The summed E-state index contributed by atoms with van der Waals surface area (Å²) in [5.41, 5.74) is 0.804. The van der Waals surface area contributed by atoms with Crippen molar-refractivity contribution < 1.29 is 22.7 Å².